The number of benzene rings is 1. The quantitative estimate of drug-likeness (QED) is 0.569. The minimum absolute atomic E-state index is 0.145. The molecule has 0 aliphatic carbocycles. The van der Waals surface area contributed by atoms with E-state index in [0.717, 1.165) is 18.7 Å². The van der Waals surface area contributed by atoms with Gasteiger partial charge < -0.3 is 10.6 Å². The standard InChI is InChI=1S/C12H17N3/c1-9-8-10(12(13)14)4-5-11(9)15-6-2-3-7-15/h4-5,8H,2-3,6-7H2,1H3,(H3,13,14). The summed E-state index contributed by atoms with van der Waals surface area (Å²) in [6.07, 6.45) is 2.57. The van der Waals surface area contributed by atoms with Gasteiger partial charge in [-0.15, -0.1) is 0 Å². The van der Waals surface area contributed by atoms with Gasteiger partial charge in [0.25, 0.3) is 0 Å². The van der Waals surface area contributed by atoms with Gasteiger partial charge in [-0.05, 0) is 43.5 Å². The van der Waals surface area contributed by atoms with E-state index in [1.165, 1.54) is 24.1 Å². The summed E-state index contributed by atoms with van der Waals surface area (Å²) in [5.41, 5.74) is 8.77. The molecule has 3 nitrogen and oxygen atoms in total. The van der Waals surface area contributed by atoms with Crippen LogP contribution >= 0.6 is 0 Å². The molecule has 0 bridgehead atoms. The molecule has 0 radical (unpaired) electrons. The Morgan fingerprint density at radius 1 is 1.33 bits per heavy atom. The van der Waals surface area contributed by atoms with Gasteiger partial charge in [0.05, 0.1) is 0 Å². The van der Waals surface area contributed by atoms with E-state index in [9.17, 15) is 0 Å². The molecule has 1 heterocycles. The van der Waals surface area contributed by atoms with E-state index in [4.69, 9.17) is 11.1 Å². The fraction of sp³-hybridized carbons (Fsp3) is 0.417. The van der Waals surface area contributed by atoms with Crippen molar-refractivity contribution >= 4 is 11.5 Å². The van der Waals surface area contributed by atoms with E-state index in [1.54, 1.807) is 0 Å². The van der Waals surface area contributed by atoms with E-state index in [-0.39, 0.29) is 5.84 Å². The lowest BCUT2D eigenvalue weighted by Crippen LogP contribution is -2.19. The predicted octanol–water partition coefficient (Wildman–Crippen LogP) is 1.88. The van der Waals surface area contributed by atoms with Crippen molar-refractivity contribution < 1.29 is 0 Å². The van der Waals surface area contributed by atoms with Crippen LogP contribution in [0.15, 0.2) is 18.2 Å². The van der Waals surface area contributed by atoms with Crippen molar-refractivity contribution in [1.29, 1.82) is 5.41 Å². The number of nitrogens with two attached hydrogens (primary N) is 1. The number of anilines is 1. The van der Waals surface area contributed by atoms with Crippen LogP contribution < -0.4 is 10.6 Å². The van der Waals surface area contributed by atoms with Crippen molar-refractivity contribution in [3.8, 4) is 0 Å². The van der Waals surface area contributed by atoms with E-state index < -0.39 is 0 Å². The van der Waals surface area contributed by atoms with Gasteiger partial charge in [-0.25, -0.2) is 0 Å². The lowest BCUT2D eigenvalue weighted by molar-refractivity contribution is 0.949. The lowest BCUT2D eigenvalue weighted by atomic mass is 10.1. The molecule has 1 aromatic rings. The van der Waals surface area contributed by atoms with Gasteiger partial charge in [-0.1, -0.05) is 0 Å². The normalized spacial score (nSPS) is 15.7. The van der Waals surface area contributed by atoms with Crippen molar-refractivity contribution in [1.82, 2.24) is 0 Å². The van der Waals surface area contributed by atoms with Gasteiger partial charge >= 0.3 is 0 Å². The molecule has 2 rings (SSSR count). The van der Waals surface area contributed by atoms with Crippen molar-refractivity contribution in [2.45, 2.75) is 19.8 Å². The molecule has 1 fully saturated rings. The minimum Gasteiger partial charge on any atom is -0.384 e. The van der Waals surface area contributed by atoms with Crippen LogP contribution in [-0.2, 0) is 0 Å². The van der Waals surface area contributed by atoms with Crippen LogP contribution in [0.1, 0.15) is 24.0 Å². The summed E-state index contributed by atoms with van der Waals surface area (Å²) in [6, 6.07) is 6.01. The Hall–Kier alpha value is -1.51. The molecule has 1 aromatic carbocycles. The highest BCUT2D eigenvalue weighted by atomic mass is 15.1. The number of rotatable bonds is 2. The first-order chi connectivity index (χ1) is 7.18. The molecule has 3 heteroatoms. The number of hydrogen-bond donors (Lipinski definition) is 2. The third kappa shape index (κ3) is 1.96. The third-order valence-corrected chi connectivity index (χ3v) is 2.95. The first kappa shape index (κ1) is 10.0. The average Bonchev–Trinajstić information content (AvgIpc) is 2.70. The molecular formula is C12H17N3. The summed E-state index contributed by atoms with van der Waals surface area (Å²) >= 11 is 0. The summed E-state index contributed by atoms with van der Waals surface area (Å²) in [5.74, 6) is 0.145. The Morgan fingerprint density at radius 2 is 2.00 bits per heavy atom. The van der Waals surface area contributed by atoms with Crippen LogP contribution in [0.25, 0.3) is 0 Å². The second-order valence-electron chi connectivity index (χ2n) is 4.11. The van der Waals surface area contributed by atoms with Crippen LogP contribution in [0.3, 0.4) is 0 Å². The topological polar surface area (TPSA) is 53.1 Å². The number of nitrogen functional groups attached to an aromatic ring is 1. The van der Waals surface area contributed by atoms with E-state index in [0.29, 0.717) is 0 Å². The molecule has 0 unspecified atom stereocenters. The number of aryl methyl sites for hydroxylation is 1. The SMILES string of the molecule is Cc1cc(C(=N)N)ccc1N1CCCC1. The van der Waals surface area contributed by atoms with E-state index in [2.05, 4.69) is 17.9 Å². The summed E-state index contributed by atoms with van der Waals surface area (Å²) in [7, 11) is 0. The summed E-state index contributed by atoms with van der Waals surface area (Å²) in [5, 5.41) is 7.38. The van der Waals surface area contributed by atoms with Gasteiger partial charge in [-0.3, -0.25) is 5.41 Å². The van der Waals surface area contributed by atoms with Crippen LogP contribution in [0.2, 0.25) is 0 Å². The highest BCUT2D eigenvalue weighted by molar-refractivity contribution is 5.95. The first-order valence-electron chi connectivity index (χ1n) is 5.38. The fourth-order valence-corrected chi connectivity index (χ4v) is 2.14. The molecular weight excluding hydrogens is 186 g/mol. The monoisotopic (exact) mass is 203 g/mol. The minimum atomic E-state index is 0.145. The molecule has 1 aliphatic rings. The Bertz CT molecular complexity index is 378. The smallest absolute Gasteiger partial charge is 0.122 e. The zero-order valence-corrected chi connectivity index (χ0v) is 9.09. The molecule has 0 atom stereocenters. The molecule has 0 saturated carbocycles. The first-order valence-corrected chi connectivity index (χ1v) is 5.38. The molecule has 0 amide bonds. The van der Waals surface area contributed by atoms with Gasteiger partial charge in [0.2, 0.25) is 0 Å². The number of hydrogen-bond acceptors (Lipinski definition) is 2. The number of nitrogens with zero attached hydrogens (tertiary/aromatic N) is 1. The highest BCUT2D eigenvalue weighted by Gasteiger charge is 2.14. The second kappa shape index (κ2) is 3.93. The molecule has 1 saturated heterocycles. The number of nitrogens with one attached hydrogen (secondary N) is 1. The highest BCUT2D eigenvalue weighted by Crippen LogP contribution is 2.24. The van der Waals surface area contributed by atoms with Gasteiger partial charge in [-0.2, -0.15) is 0 Å². The fourth-order valence-electron chi connectivity index (χ4n) is 2.14. The largest absolute Gasteiger partial charge is 0.384 e. The van der Waals surface area contributed by atoms with Gasteiger partial charge in [0, 0.05) is 24.3 Å². The summed E-state index contributed by atoms with van der Waals surface area (Å²) in [6.45, 7) is 4.39. The molecule has 15 heavy (non-hydrogen) atoms. The Morgan fingerprint density at radius 3 is 2.53 bits per heavy atom. The second-order valence-corrected chi connectivity index (χ2v) is 4.11. The molecule has 80 valence electrons. The molecule has 0 aromatic heterocycles. The zero-order valence-electron chi connectivity index (χ0n) is 9.09. The molecule has 1 aliphatic heterocycles. The summed E-state index contributed by atoms with van der Waals surface area (Å²) < 4.78 is 0. The Labute approximate surface area is 90.4 Å². The maximum absolute atomic E-state index is 7.38. The van der Waals surface area contributed by atoms with Gasteiger partial charge in [0.15, 0.2) is 0 Å². The van der Waals surface area contributed by atoms with Crippen molar-refractivity contribution in [2.24, 2.45) is 5.73 Å². The maximum Gasteiger partial charge on any atom is 0.122 e. The number of amidine groups is 1. The van der Waals surface area contributed by atoms with Crippen molar-refractivity contribution in [3.63, 3.8) is 0 Å². The Balaban J connectivity index is 2.29. The lowest BCUT2D eigenvalue weighted by Gasteiger charge is -2.20. The van der Waals surface area contributed by atoms with Crippen LogP contribution in [0, 0.1) is 12.3 Å². The van der Waals surface area contributed by atoms with Crippen LogP contribution in [0.4, 0.5) is 5.69 Å². The third-order valence-electron chi connectivity index (χ3n) is 2.95. The predicted molar refractivity (Wildman–Crippen MR) is 63.6 cm³/mol. The zero-order chi connectivity index (χ0) is 10.8. The Kier molecular flexibility index (Phi) is 2.62. The van der Waals surface area contributed by atoms with Crippen LogP contribution in [-0.4, -0.2) is 18.9 Å². The van der Waals surface area contributed by atoms with Crippen molar-refractivity contribution in [3.05, 3.63) is 29.3 Å². The van der Waals surface area contributed by atoms with Crippen LogP contribution in [0.5, 0.6) is 0 Å². The van der Waals surface area contributed by atoms with E-state index in [1.807, 2.05) is 12.1 Å². The average molecular weight is 203 g/mol. The van der Waals surface area contributed by atoms with E-state index >= 15 is 0 Å². The summed E-state index contributed by atoms with van der Waals surface area (Å²) in [4.78, 5) is 2.40. The van der Waals surface area contributed by atoms with Crippen molar-refractivity contribution in [2.75, 3.05) is 18.0 Å². The van der Waals surface area contributed by atoms with Gasteiger partial charge in [0.1, 0.15) is 5.84 Å². The molecule has 0 spiro atoms. The molecule has 3 N–H and O–H groups in total. The maximum atomic E-state index is 7.38.